The molecule has 0 unspecified atom stereocenters. The van der Waals surface area contributed by atoms with E-state index in [2.05, 4.69) is 29.2 Å². The van der Waals surface area contributed by atoms with Crippen molar-refractivity contribution in [3.8, 4) is 0 Å². The van der Waals surface area contributed by atoms with Gasteiger partial charge in [-0.3, -0.25) is 0 Å². The highest BCUT2D eigenvalue weighted by molar-refractivity contribution is 7.90. The van der Waals surface area contributed by atoms with Crippen LogP contribution in [0.1, 0.15) is 30.4 Å². The van der Waals surface area contributed by atoms with Crippen molar-refractivity contribution < 1.29 is 8.42 Å². The molecule has 0 bridgehead atoms. The summed E-state index contributed by atoms with van der Waals surface area (Å²) < 4.78 is 22.5. The van der Waals surface area contributed by atoms with Gasteiger partial charge in [-0.25, -0.2) is 8.42 Å². The molecule has 110 valence electrons. The fourth-order valence-electron chi connectivity index (χ4n) is 3.78. The summed E-state index contributed by atoms with van der Waals surface area (Å²) >= 11 is 0. The Hall–Kier alpha value is -0.870. The Morgan fingerprint density at radius 3 is 2.55 bits per heavy atom. The predicted octanol–water partition coefficient (Wildman–Crippen LogP) is 2.01. The summed E-state index contributed by atoms with van der Waals surface area (Å²) in [6.07, 6.45) is 6.15. The molecule has 0 aromatic heterocycles. The van der Waals surface area contributed by atoms with Crippen molar-refractivity contribution >= 4 is 9.84 Å². The van der Waals surface area contributed by atoms with E-state index in [1.165, 1.54) is 37.5 Å². The van der Waals surface area contributed by atoms with E-state index < -0.39 is 9.84 Å². The van der Waals surface area contributed by atoms with Crippen molar-refractivity contribution in [2.75, 3.05) is 31.6 Å². The van der Waals surface area contributed by atoms with Crippen LogP contribution in [0.4, 0.5) is 0 Å². The van der Waals surface area contributed by atoms with E-state index >= 15 is 0 Å². The van der Waals surface area contributed by atoms with Gasteiger partial charge in [0, 0.05) is 12.8 Å². The number of aryl methyl sites for hydroxylation is 1. The minimum absolute atomic E-state index is 0.288. The number of benzene rings is 1. The molecule has 0 amide bonds. The number of rotatable bonds is 3. The Kier molecular flexibility index (Phi) is 3.63. The standard InChI is InChI=1S/C16H23NO2S/c1-20(18,19)13-12-17-10-8-16(9-11-17)7-6-14-4-2-3-5-15(14)16/h2-5H,6-13H2,1H3. The highest BCUT2D eigenvalue weighted by Gasteiger charge is 2.40. The van der Waals surface area contributed by atoms with Gasteiger partial charge in [0.1, 0.15) is 9.84 Å². The van der Waals surface area contributed by atoms with Gasteiger partial charge in [-0.2, -0.15) is 0 Å². The van der Waals surface area contributed by atoms with Crippen LogP contribution in [0.3, 0.4) is 0 Å². The van der Waals surface area contributed by atoms with E-state index in [-0.39, 0.29) is 5.75 Å². The molecule has 3 rings (SSSR count). The molecule has 1 aliphatic heterocycles. The lowest BCUT2D eigenvalue weighted by molar-refractivity contribution is 0.166. The second-order valence-corrected chi connectivity index (χ2v) is 8.67. The summed E-state index contributed by atoms with van der Waals surface area (Å²) in [7, 11) is -2.84. The number of fused-ring (bicyclic) bond motifs is 2. The van der Waals surface area contributed by atoms with Gasteiger partial charge in [-0.15, -0.1) is 0 Å². The van der Waals surface area contributed by atoms with Crippen LogP contribution in [0.15, 0.2) is 24.3 Å². The van der Waals surface area contributed by atoms with Crippen LogP contribution in [-0.2, 0) is 21.7 Å². The number of piperidine rings is 1. The smallest absolute Gasteiger partial charge is 0.148 e. The molecule has 20 heavy (non-hydrogen) atoms. The number of likely N-dealkylation sites (tertiary alicyclic amines) is 1. The topological polar surface area (TPSA) is 37.4 Å². The number of sulfone groups is 1. The molecule has 1 saturated heterocycles. The van der Waals surface area contributed by atoms with Gasteiger partial charge >= 0.3 is 0 Å². The molecule has 1 heterocycles. The summed E-state index contributed by atoms with van der Waals surface area (Å²) in [6, 6.07) is 8.86. The maximum absolute atomic E-state index is 11.3. The minimum atomic E-state index is -2.84. The molecule has 2 aliphatic rings. The Balaban J connectivity index is 1.65. The van der Waals surface area contributed by atoms with Crippen LogP contribution >= 0.6 is 0 Å². The summed E-state index contributed by atoms with van der Waals surface area (Å²) in [6.45, 7) is 2.75. The highest BCUT2D eigenvalue weighted by Crippen LogP contribution is 2.45. The average Bonchev–Trinajstić information content (AvgIpc) is 2.77. The first-order chi connectivity index (χ1) is 9.49. The highest BCUT2D eigenvalue weighted by atomic mass is 32.2. The van der Waals surface area contributed by atoms with Crippen LogP contribution in [0.5, 0.6) is 0 Å². The van der Waals surface area contributed by atoms with Crippen molar-refractivity contribution in [2.45, 2.75) is 31.1 Å². The third-order valence-electron chi connectivity index (χ3n) is 5.05. The molecule has 0 radical (unpaired) electrons. The van der Waals surface area contributed by atoms with Crippen LogP contribution in [0.2, 0.25) is 0 Å². The molecule has 1 aromatic carbocycles. The lowest BCUT2D eigenvalue weighted by atomic mass is 9.74. The van der Waals surface area contributed by atoms with Crippen molar-refractivity contribution in [1.29, 1.82) is 0 Å². The molecule has 0 saturated carbocycles. The van der Waals surface area contributed by atoms with Gasteiger partial charge in [0.25, 0.3) is 0 Å². The molecule has 1 aliphatic carbocycles. The largest absolute Gasteiger partial charge is 0.302 e. The van der Waals surface area contributed by atoms with Gasteiger partial charge in [-0.05, 0) is 55.3 Å². The molecule has 1 spiro atoms. The van der Waals surface area contributed by atoms with Crippen LogP contribution < -0.4 is 0 Å². The van der Waals surface area contributed by atoms with Crippen molar-refractivity contribution in [3.63, 3.8) is 0 Å². The average molecular weight is 293 g/mol. The molecule has 1 aromatic rings. The molecule has 0 atom stereocenters. The fraction of sp³-hybridized carbons (Fsp3) is 0.625. The molecular weight excluding hydrogens is 270 g/mol. The summed E-state index contributed by atoms with van der Waals surface area (Å²) in [4.78, 5) is 2.31. The number of hydrogen-bond donors (Lipinski definition) is 0. The zero-order valence-electron chi connectivity index (χ0n) is 12.1. The van der Waals surface area contributed by atoms with Crippen LogP contribution in [0, 0.1) is 0 Å². The maximum atomic E-state index is 11.3. The predicted molar refractivity (Wildman–Crippen MR) is 81.8 cm³/mol. The maximum Gasteiger partial charge on any atom is 0.148 e. The Morgan fingerprint density at radius 1 is 1.15 bits per heavy atom. The summed E-state index contributed by atoms with van der Waals surface area (Å²) in [5, 5.41) is 0. The SMILES string of the molecule is CS(=O)(=O)CCN1CCC2(CCc3ccccc32)CC1. The van der Waals surface area contributed by atoms with Gasteiger partial charge in [0.2, 0.25) is 0 Å². The fourth-order valence-corrected chi connectivity index (χ4v) is 4.37. The molecule has 4 heteroatoms. The Morgan fingerprint density at radius 2 is 1.85 bits per heavy atom. The Bertz CT molecular complexity index is 586. The lowest BCUT2D eigenvalue weighted by Crippen LogP contribution is -2.43. The third-order valence-corrected chi connectivity index (χ3v) is 5.98. The molecular formula is C16H23NO2S. The van der Waals surface area contributed by atoms with E-state index in [1.807, 2.05) is 0 Å². The molecule has 1 fully saturated rings. The second-order valence-electron chi connectivity index (χ2n) is 6.41. The van der Waals surface area contributed by atoms with E-state index in [1.54, 1.807) is 5.56 Å². The zero-order chi connectivity index (χ0) is 14.2. The van der Waals surface area contributed by atoms with Crippen molar-refractivity contribution in [1.82, 2.24) is 4.90 Å². The first-order valence-electron chi connectivity index (χ1n) is 7.47. The number of nitrogens with zero attached hydrogens (tertiary/aromatic N) is 1. The van der Waals surface area contributed by atoms with Crippen LogP contribution in [0.25, 0.3) is 0 Å². The monoisotopic (exact) mass is 293 g/mol. The lowest BCUT2D eigenvalue weighted by Gasteiger charge is -2.40. The quantitative estimate of drug-likeness (QED) is 0.855. The zero-order valence-corrected chi connectivity index (χ0v) is 13.0. The normalized spacial score (nSPS) is 22.1. The first-order valence-corrected chi connectivity index (χ1v) is 9.53. The van der Waals surface area contributed by atoms with E-state index in [0.717, 1.165) is 13.1 Å². The first kappa shape index (κ1) is 14.1. The van der Waals surface area contributed by atoms with Gasteiger partial charge in [0.05, 0.1) is 5.75 Å². The van der Waals surface area contributed by atoms with E-state index in [0.29, 0.717) is 12.0 Å². The van der Waals surface area contributed by atoms with E-state index in [4.69, 9.17) is 0 Å². The molecule has 3 nitrogen and oxygen atoms in total. The van der Waals surface area contributed by atoms with Crippen LogP contribution in [-0.4, -0.2) is 45.0 Å². The minimum Gasteiger partial charge on any atom is -0.302 e. The summed E-state index contributed by atoms with van der Waals surface area (Å²) in [5.41, 5.74) is 3.46. The van der Waals surface area contributed by atoms with E-state index in [9.17, 15) is 8.42 Å². The van der Waals surface area contributed by atoms with Gasteiger partial charge in [0.15, 0.2) is 0 Å². The third kappa shape index (κ3) is 2.77. The molecule has 0 N–H and O–H groups in total. The second kappa shape index (κ2) is 5.15. The van der Waals surface area contributed by atoms with Gasteiger partial charge in [-0.1, -0.05) is 24.3 Å². The summed E-state index contributed by atoms with van der Waals surface area (Å²) in [5.74, 6) is 0.288. The van der Waals surface area contributed by atoms with Gasteiger partial charge < -0.3 is 4.90 Å². The number of hydrogen-bond acceptors (Lipinski definition) is 3. The van der Waals surface area contributed by atoms with Crippen molar-refractivity contribution in [2.24, 2.45) is 0 Å². The Labute approximate surface area is 121 Å². The van der Waals surface area contributed by atoms with Crippen molar-refractivity contribution in [3.05, 3.63) is 35.4 Å².